The van der Waals surface area contributed by atoms with E-state index in [1.807, 2.05) is 84.9 Å². The highest BCUT2D eigenvalue weighted by atomic mass is 16.2. The van der Waals surface area contributed by atoms with Crippen LogP contribution in [0.1, 0.15) is 11.1 Å². The summed E-state index contributed by atoms with van der Waals surface area (Å²) in [4.78, 5) is 32.5. The number of fused-ring (bicyclic) bond motifs is 1. The number of para-hydroxylation sites is 2. The van der Waals surface area contributed by atoms with Crippen LogP contribution in [0.2, 0.25) is 0 Å². The van der Waals surface area contributed by atoms with Crippen molar-refractivity contribution in [2.24, 2.45) is 10.7 Å². The Morgan fingerprint density at radius 1 is 0.967 bits per heavy atom. The lowest BCUT2D eigenvalue weighted by molar-refractivity contribution is -0.132. The zero-order valence-electron chi connectivity index (χ0n) is 16.6. The van der Waals surface area contributed by atoms with Crippen LogP contribution in [0.4, 0.5) is 11.4 Å². The molecule has 0 unspecified atom stereocenters. The zero-order valence-corrected chi connectivity index (χ0v) is 16.6. The van der Waals surface area contributed by atoms with E-state index in [1.165, 1.54) is 4.90 Å². The molecule has 0 spiro atoms. The van der Waals surface area contributed by atoms with Gasteiger partial charge in [-0.2, -0.15) is 0 Å². The van der Waals surface area contributed by atoms with Crippen LogP contribution in [0.3, 0.4) is 0 Å². The summed E-state index contributed by atoms with van der Waals surface area (Å²) in [7, 11) is 1.62. The van der Waals surface area contributed by atoms with Crippen molar-refractivity contribution in [3.63, 3.8) is 0 Å². The van der Waals surface area contributed by atoms with Crippen LogP contribution in [0.5, 0.6) is 0 Å². The minimum atomic E-state index is -2.04. The number of hydrogen-bond donors (Lipinski definition) is 2. The normalized spacial score (nSPS) is 18.3. The number of ketones is 1. The lowest BCUT2D eigenvalue weighted by Crippen LogP contribution is -2.60. The van der Waals surface area contributed by atoms with Crippen LogP contribution in [-0.2, 0) is 9.59 Å². The van der Waals surface area contributed by atoms with E-state index in [0.29, 0.717) is 11.4 Å². The van der Waals surface area contributed by atoms with Gasteiger partial charge in [0.1, 0.15) is 0 Å². The van der Waals surface area contributed by atoms with Crippen LogP contribution in [0, 0.1) is 0 Å². The van der Waals surface area contributed by atoms with Crippen molar-refractivity contribution in [2.75, 3.05) is 23.8 Å². The SMILES string of the molecule is CN1C(=O)[C@](N)(C(=O)CNc2ccccc2)N=C(c2ccccc2)c2ccccc21. The van der Waals surface area contributed by atoms with Crippen LogP contribution in [0.25, 0.3) is 0 Å². The molecule has 150 valence electrons. The van der Waals surface area contributed by atoms with Crippen LogP contribution in [-0.4, -0.2) is 36.7 Å². The quantitative estimate of drug-likeness (QED) is 0.647. The Balaban J connectivity index is 1.78. The summed E-state index contributed by atoms with van der Waals surface area (Å²) in [6, 6.07) is 26.1. The Kier molecular flexibility index (Phi) is 5.16. The van der Waals surface area contributed by atoms with E-state index >= 15 is 0 Å². The molecule has 3 aromatic rings. The van der Waals surface area contributed by atoms with Crippen LogP contribution >= 0.6 is 0 Å². The van der Waals surface area contributed by atoms with Gasteiger partial charge in [-0.1, -0.05) is 66.7 Å². The third-order valence-electron chi connectivity index (χ3n) is 5.14. The molecule has 4 rings (SSSR count). The molecule has 0 saturated heterocycles. The first-order valence-corrected chi connectivity index (χ1v) is 9.64. The molecule has 3 N–H and O–H groups in total. The number of Topliss-reactive ketones (excluding diaryl/α,β-unsaturated/α-hetero) is 1. The predicted molar refractivity (Wildman–Crippen MR) is 119 cm³/mol. The monoisotopic (exact) mass is 398 g/mol. The number of benzodiazepines with no additional fused rings is 1. The van der Waals surface area contributed by atoms with E-state index < -0.39 is 17.4 Å². The molecule has 0 aromatic heterocycles. The number of amides is 1. The van der Waals surface area contributed by atoms with Gasteiger partial charge < -0.3 is 10.2 Å². The number of carbonyl (C=O) groups is 2. The zero-order chi connectivity index (χ0) is 21.1. The van der Waals surface area contributed by atoms with Gasteiger partial charge in [-0.3, -0.25) is 15.3 Å². The largest absolute Gasteiger partial charge is 0.378 e. The Labute approximate surface area is 175 Å². The summed E-state index contributed by atoms with van der Waals surface area (Å²) in [5.41, 5.74) is 7.86. The number of nitrogens with zero attached hydrogens (tertiary/aromatic N) is 2. The Morgan fingerprint density at radius 2 is 1.57 bits per heavy atom. The van der Waals surface area contributed by atoms with Crippen molar-refractivity contribution in [1.29, 1.82) is 0 Å². The average molecular weight is 398 g/mol. The number of rotatable bonds is 5. The van der Waals surface area contributed by atoms with Gasteiger partial charge >= 0.3 is 0 Å². The number of anilines is 2. The highest BCUT2D eigenvalue weighted by Gasteiger charge is 2.46. The lowest BCUT2D eigenvalue weighted by atomic mass is 10.00. The minimum absolute atomic E-state index is 0.123. The number of benzene rings is 3. The minimum Gasteiger partial charge on any atom is -0.378 e. The molecule has 30 heavy (non-hydrogen) atoms. The average Bonchev–Trinajstić information content (AvgIpc) is 2.88. The molecule has 0 bridgehead atoms. The van der Waals surface area contributed by atoms with Crippen molar-refractivity contribution < 1.29 is 9.59 Å². The number of likely N-dealkylation sites (N-methyl/N-ethyl adjacent to an activating group) is 1. The summed E-state index contributed by atoms with van der Waals surface area (Å²) >= 11 is 0. The second kappa shape index (κ2) is 7.93. The van der Waals surface area contributed by atoms with Gasteiger partial charge in [0.15, 0.2) is 0 Å². The van der Waals surface area contributed by atoms with Gasteiger partial charge in [-0.05, 0) is 18.2 Å². The molecule has 0 radical (unpaired) electrons. The van der Waals surface area contributed by atoms with Crippen molar-refractivity contribution in [3.8, 4) is 0 Å². The summed E-state index contributed by atoms with van der Waals surface area (Å²) in [5.74, 6) is -1.08. The number of nitrogens with one attached hydrogen (secondary N) is 1. The van der Waals surface area contributed by atoms with Gasteiger partial charge in [0.2, 0.25) is 11.4 Å². The Bertz CT molecular complexity index is 1110. The molecule has 0 aliphatic carbocycles. The number of aliphatic imine (C=N–C) groups is 1. The topological polar surface area (TPSA) is 87.8 Å². The predicted octanol–water partition coefficient (Wildman–Crippen LogP) is 2.84. The summed E-state index contributed by atoms with van der Waals surface area (Å²) in [6.45, 7) is -0.123. The number of nitrogens with two attached hydrogens (primary N) is 1. The first-order chi connectivity index (χ1) is 14.5. The second-order valence-corrected chi connectivity index (χ2v) is 7.12. The van der Waals surface area contributed by atoms with E-state index in [-0.39, 0.29) is 6.54 Å². The molecular formula is C24H22N4O2. The molecule has 6 nitrogen and oxygen atoms in total. The highest BCUT2D eigenvalue weighted by Crippen LogP contribution is 2.30. The Hall–Kier alpha value is -3.77. The van der Waals surface area contributed by atoms with E-state index in [1.54, 1.807) is 7.05 Å². The van der Waals surface area contributed by atoms with Gasteiger partial charge in [-0.15, -0.1) is 0 Å². The van der Waals surface area contributed by atoms with Crippen molar-refractivity contribution in [2.45, 2.75) is 5.66 Å². The summed E-state index contributed by atoms with van der Waals surface area (Å²) in [6.07, 6.45) is 0. The van der Waals surface area contributed by atoms with Gasteiger partial charge in [0, 0.05) is 23.9 Å². The smallest absolute Gasteiger partial charge is 0.277 e. The van der Waals surface area contributed by atoms with E-state index in [4.69, 9.17) is 5.73 Å². The number of hydrogen-bond acceptors (Lipinski definition) is 5. The van der Waals surface area contributed by atoms with E-state index in [9.17, 15) is 9.59 Å². The van der Waals surface area contributed by atoms with Gasteiger partial charge in [0.25, 0.3) is 5.91 Å². The maximum absolute atomic E-state index is 13.3. The molecule has 1 atom stereocenters. The van der Waals surface area contributed by atoms with Crippen LogP contribution in [0.15, 0.2) is 89.9 Å². The molecule has 1 aliphatic heterocycles. The second-order valence-electron chi connectivity index (χ2n) is 7.12. The van der Waals surface area contributed by atoms with Crippen molar-refractivity contribution >= 4 is 28.8 Å². The Morgan fingerprint density at radius 3 is 2.27 bits per heavy atom. The van der Waals surface area contributed by atoms with E-state index in [2.05, 4.69) is 10.3 Å². The number of carbonyl (C=O) groups excluding carboxylic acids is 2. The molecule has 0 saturated carbocycles. The van der Waals surface area contributed by atoms with Gasteiger partial charge in [0.05, 0.1) is 17.9 Å². The van der Waals surface area contributed by atoms with E-state index in [0.717, 1.165) is 16.8 Å². The maximum Gasteiger partial charge on any atom is 0.277 e. The molecule has 1 aliphatic rings. The lowest BCUT2D eigenvalue weighted by Gasteiger charge is -2.26. The molecular weight excluding hydrogens is 376 g/mol. The summed E-state index contributed by atoms with van der Waals surface area (Å²) in [5, 5.41) is 3.03. The first kappa shape index (κ1) is 19.5. The van der Waals surface area contributed by atoms with Gasteiger partial charge in [-0.25, -0.2) is 4.99 Å². The highest BCUT2D eigenvalue weighted by molar-refractivity contribution is 6.26. The third-order valence-corrected chi connectivity index (χ3v) is 5.14. The fourth-order valence-corrected chi connectivity index (χ4v) is 3.49. The third kappa shape index (κ3) is 3.49. The fraction of sp³-hybridized carbons (Fsp3) is 0.125. The molecule has 6 heteroatoms. The molecule has 0 fully saturated rings. The van der Waals surface area contributed by atoms with Crippen molar-refractivity contribution in [1.82, 2.24) is 0 Å². The molecule has 1 heterocycles. The molecule has 3 aromatic carbocycles. The standard InChI is InChI=1S/C24H22N4O2/c1-28-20-15-9-8-14-19(20)22(17-10-4-2-5-11-17)27-24(25,23(28)30)21(29)16-26-18-12-6-3-7-13-18/h2-15,26H,16,25H2,1H3/t24-/m0/s1. The summed E-state index contributed by atoms with van der Waals surface area (Å²) < 4.78 is 0. The van der Waals surface area contributed by atoms with Crippen molar-refractivity contribution in [3.05, 3.63) is 96.1 Å². The fourth-order valence-electron chi connectivity index (χ4n) is 3.49. The molecule has 1 amide bonds. The van der Waals surface area contributed by atoms with Crippen LogP contribution < -0.4 is 16.0 Å². The maximum atomic E-state index is 13.3. The first-order valence-electron chi connectivity index (χ1n) is 9.64.